The van der Waals surface area contributed by atoms with Gasteiger partial charge in [0.15, 0.2) is 4.34 Å². The lowest BCUT2D eigenvalue weighted by molar-refractivity contribution is -0.151. The highest BCUT2D eigenvalue weighted by molar-refractivity contribution is 8.01. The number of hydrogen-bond acceptors (Lipinski definition) is 7. The molecule has 0 bridgehead atoms. The van der Waals surface area contributed by atoms with Gasteiger partial charge in [-0.25, -0.2) is 0 Å². The molecule has 112 valence electrons. The third kappa shape index (κ3) is 5.73. The predicted octanol–water partition coefficient (Wildman–Crippen LogP) is 3.72. The average molecular weight is 323 g/mol. The number of carbonyl (C=O) groups excluding carboxylic acids is 1. The molecule has 0 radical (unpaired) electrons. The van der Waals surface area contributed by atoms with E-state index in [1.54, 1.807) is 0 Å². The van der Waals surface area contributed by atoms with Gasteiger partial charge in [-0.2, -0.15) is 0 Å². The molecule has 0 amide bonds. The molecule has 0 atom stereocenters. The summed E-state index contributed by atoms with van der Waals surface area (Å²) >= 11 is 2.74. The first-order valence-electron chi connectivity index (χ1n) is 6.42. The number of ether oxygens (including phenoxy) is 1. The Morgan fingerprint density at radius 2 is 2.00 bits per heavy atom. The molecule has 1 aromatic heterocycles. The summed E-state index contributed by atoms with van der Waals surface area (Å²) in [5, 5.41) is 12.0. The second-order valence-corrected chi connectivity index (χ2v) is 7.44. The standard InChI is InChI=1S/C14H17N3O2S2/c1-14(2,3)19-11(18)9-20-13-17-16-12(21-13)15-10-7-5-4-6-8-10/h4-8H,9H2,1-3H3,(H,15,16). The molecule has 0 fully saturated rings. The molecule has 5 nitrogen and oxygen atoms in total. The minimum absolute atomic E-state index is 0.233. The van der Waals surface area contributed by atoms with Gasteiger partial charge in [-0.3, -0.25) is 4.79 Å². The molecule has 0 unspecified atom stereocenters. The van der Waals surface area contributed by atoms with Crippen LogP contribution in [0.2, 0.25) is 0 Å². The van der Waals surface area contributed by atoms with Gasteiger partial charge < -0.3 is 10.1 Å². The van der Waals surface area contributed by atoms with Crippen molar-refractivity contribution >= 4 is 39.9 Å². The van der Waals surface area contributed by atoms with E-state index in [9.17, 15) is 4.79 Å². The molecular weight excluding hydrogens is 306 g/mol. The lowest BCUT2D eigenvalue weighted by Crippen LogP contribution is -2.24. The minimum atomic E-state index is -0.460. The van der Waals surface area contributed by atoms with Crippen molar-refractivity contribution < 1.29 is 9.53 Å². The van der Waals surface area contributed by atoms with Crippen molar-refractivity contribution in [2.24, 2.45) is 0 Å². The van der Waals surface area contributed by atoms with Crippen molar-refractivity contribution in [1.82, 2.24) is 10.2 Å². The highest BCUT2D eigenvalue weighted by Gasteiger charge is 2.17. The quantitative estimate of drug-likeness (QED) is 0.668. The lowest BCUT2D eigenvalue weighted by Gasteiger charge is -2.18. The zero-order valence-electron chi connectivity index (χ0n) is 12.1. The molecule has 21 heavy (non-hydrogen) atoms. The molecule has 1 N–H and O–H groups in total. The van der Waals surface area contributed by atoms with Crippen LogP contribution in [-0.2, 0) is 9.53 Å². The number of nitrogens with one attached hydrogen (secondary N) is 1. The average Bonchev–Trinajstić information content (AvgIpc) is 2.83. The Morgan fingerprint density at radius 1 is 1.29 bits per heavy atom. The number of thioether (sulfide) groups is 1. The highest BCUT2D eigenvalue weighted by atomic mass is 32.2. The number of esters is 1. The van der Waals surface area contributed by atoms with Crippen molar-refractivity contribution in [1.29, 1.82) is 0 Å². The Hall–Kier alpha value is -1.60. The van der Waals surface area contributed by atoms with Crippen LogP contribution in [0.15, 0.2) is 34.7 Å². The number of para-hydroxylation sites is 1. The SMILES string of the molecule is CC(C)(C)OC(=O)CSc1nnc(Nc2ccccc2)s1. The molecule has 1 heterocycles. The number of carbonyl (C=O) groups is 1. The molecule has 0 aliphatic heterocycles. The fourth-order valence-electron chi connectivity index (χ4n) is 1.46. The van der Waals surface area contributed by atoms with Gasteiger partial charge in [-0.1, -0.05) is 41.3 Å². The largest absolute Gasteiger partial charge is 0.459 e. The molecule has 1 aromatic carbocycles. The van der Waals surface area contributed by atoms with Crippen LogP contribution in [0.3, 0.4) is 0 Å². The van der Waals surface area contributed by atoms with Crippen LogP contribution < -0.4 is 5.32 Å². The second kappa shape index (κ2) is 6.91. The Bertz CT molecular complexity index is 594. The maximum Gasteiger partial charge on any atom is 0.316 e. The van der Waals surface area contributed by atoms with Crippen LogP contribution in [0.5, 0.6) is 0 Å². The smallest absolute Gasteiger partial charge is 0.316 e. The topological polar surface area (TPSA) is 64.1 Å². The number of benzene rings is 1. The van der Waals surface area contributed by atoms with Crippen LogP contribution >= 0.6 is 23.1 Å². The molecule has 0 aliphatic carbocycles. The Labute approximate surface area is 132 Å². The van der Waals surface area contributed by atoms with Crippen LogP contribution in [0, 0.1) is 0 Å². The Balaban J connectivity index is 1.85. The number of nitrogens with zero attached hydrogens (tertiary/aromatic N) is 2. The van der Waals surface area contributed by atoms with E-state index in [0.29, 0.717) is 5.13 Å². The fraction of sp³-hybridized carbons (Fsp3) is 0.357. The zero-order valence-corrected chi connectivity index (χ0v) is 13.8. The summed E-state index contributed by atoms with van der Waals surface area (Å²) in [6.07, 6.45) is 0. The summed E-state index contributed by atoms with van der Waals surface area (Å²) in [5.41, 5.74) is 0.496. The van der Waals surface area contributed by atoms with Crippen molar-refractivity contribution in [3.8, 4) is 0 Å². The van der Waals surface area contributed by atoms with Gasteiger partial charge >= 0.3 is 5.97 Å². The maximum absolute atomic E-state index is 11.6. The predicted molar refractivity (Wildman–Crippen MR) is 86.2 cm³/mol. The summed E-state index contributed by atoms with van der Waals surface area (Å²) in [6.45, 7) is 5.55. The summed E-state index contributed by atoms with van der Waals surface area (Å²) in [5.74, 6) is -0.0164. The summed E-state index contributed by atoms with van der Waals surface area (Å²) in [7, 11) is 0. The van der Waals surface area contributed by atoms with Crippen LogP contribution in [0.1, 0.15) is 20.8 Å². The zero-order chi connectivity index (χ0) is 15.3. The van der Waals surface area contributed by atoms with E-state index >= 15 is 0 Å². The molecule has 0 spiro atoms. The van der Waals surface area contributed by atoms with Gasteiger partial charge in [0.1, 0.15) is 5.60 Å². The summed E-state index contributed by atoms with van der Waals surface area (Å²) in [6, 6.07) is 9.75. The van der Waals surface area contributed by atoms with E-state index in [-0.39, 0.29) is 11.7 Å². The molecule has 2 rings (SSSR count). The summed E-state index contributed by atoms with van der Waals surface area (Å²) < 4.78 is 5.98. The molecule has 0 aliphatic rings. The molecule has 7 heteroatoms. The number of anilines is 2. The van der Waals surface area contributed by atoms with E-state index in [2.05, 4.69) is 15.5 Å². The van der Waals surface area contributed by atoms with Crippen LogP contribution in [-0.4, -0.2) is 27.5 Å². The molecule has 0 saturated heterocycles. The Kier molecular flexibility index (Phi) is 5.19. The number of rotatable bonds is 5. The van der Waals surface area contributed by atoms with Gasteiger partial charge in [0.2, 0.25) is 5.13 Å². The lowest BCUT2D eigenvalue weighted by atomic mass is 10.2. The highest BCUT2D eigenvalue weighted by Crippen LogP contribution is 2.27. The van der Waals surface area contributed by atoms with E-state index in [1.807, 2.05) is 51.1 Å². The van der Waals surface area contributed by atoms with Crippen LogP contribution in [0.4, 0.5) is 10.8 Å². The number of hydrogen-bond donors (Lipinski definition) is 1. The molecule has 0 saturated carbocycles. The number of aromatic nitrogens is 2. The van der Waals surface area contributed by atoms with E-state index < -0.39 is 5.60 Å². The fourth-order valence-corrected chi connectivity index (χ4v) is 3.00. The first kappa shape index (κ1) is 15.8. The van der Waals surface area contributed by atoms with Gasteiger partial charge in [0.05, 0.1) is 5.75 Å². The van der Waals surface area contributed by atoms with Crippen molar-refractivity contribution in [3.05, 3.63) is 30.3 Å². The van der Waals surface area contributed by atoms with Crippen molar-refractivity contribution in [3.63, 3.8) is 0 Å². The summed E-state index contributed by atoms with van der Waals surface area (Å²) in [4.78, 5) is 11.6. The van der Waals surface area contributed by atoms with Gasteiger partial charge in [0, 0.05) is 5.69 Å². The van der Waals surface area contributed by atoms with Gasteiger partial charge in [-0.15, -0.1) is 10.2 Å². The first-order valence-corrected chi connectivity index (χ1v) is 8.23. The maximum atomic E-state index is 11.6. The normalized spacial score (nSPS) is 11.2. The van der Waals surface area contributed by atoms with Gasteiger partial charge in [-0.05, 0) is 32.9 Å². The van der Waals surface area contributed by atoms with Crippen LogP contribution in [0.25, 0.3) is 0 Å². The third-order valence-electron chi connectivity index (χ3n) is 2.17. The minimum Gasteiger partial charge on any atom is -0.459 e. The van der Waals surface area contributed by atoms with E-state index in [0.717, 1.165) is 10.0 Å². The van der Waals surface area contributed by atoms with E-state index in [4.69, 9.17) is 4.74 Å². The van der Waals surface area contributed by atoms with Gasteiger partial charge in [0.25, 0.3) is 0 Å². The van der Waals surface area contributed by atoms with Crippen molar-refractivity contribution in [2.75, 3.05) is 11.1 Å². The monoisotopic (exact) mass is 323 g/mol. The first-order chi connectivity index (χ1) is 9.92. The molecule has 2 aromatic rings. The van der Waals surface area contributed by atoms with Crippen molar-refractivity contribution in [2.45, 2.75) is 30.7 Å². The molecular formula is C14H17N3O2S2. The Morgan fingerprint density at radius 3 is 2.67 bits per heavy atom. The second-order valence-electron chi connectivity index (χ2n) is 5.24. The third-order valence-corrected chi connectivity index (χ3v) is 4.11. The van der Waals surface area contributed by atoms with E-state index in [1.165, 1.54) is 23.1 Å².